The third kappa shape index (κ3) is 5.56. The van der Waals surface area contributed by atoms with Gasteiger partial charge in [-0.15, -0.1) is 0 Å². The van der Waals surface area contributed by atoms with Crippen LogP contribution in [0.4, 0.5) is 0 Å². The molecule has 2 aromatic heterocycles. The maximum Gasteiger partial charge on any atom is 0.273 e. The van der Waals surface area contributed by atoms with E-state index in [1.807, 2.05) is 57.1 Å². The van der Waals surface area contributed by atoms with Crippen LogP contribution in [0.5, 0.6) is 0 Å². The second-order valence-electron chi connectivity index (χ2n) is 10.4. The van der Waals surface area contributed by atoms with E-state index in [0.717, 1.165) is 47.2 Å². The highest BCUT2D eigenvalue weighted by molar-refractivity contribution is 5.92. The van der Waals surface area contributed by atoms with Gasteiger partial charge in [-0.2, -0.15) is 0 Å². The number of hydrogen-bond acceptors (Lipinski definition) is 5. The van der Waals surface area contributed by atoms with Crippen LogP contribution in [0, 0.1) is 6.92 Å². The zero-order valence-electron chi connectivity index (χ0n) is 21.5. The fourth-order valence-electron chi connectivity index (χ4n) is 4.62. The molecule has 1 aliphatic heterocycles. The molecule has 1 atom stereocenters. The minimum Gasteiger partial charge on any atom is -0.360 e. The highest BCUT2D eigenvalue weighted by Gasteiger charge is 2.26. The molecule has 0 bridgehead atoms. The first kappa shape index (κ1) is 25.4. The van der Waals surface area contributed by atoms with Crippen molar-refractivity contribution in [2.45, 2.75) is 58.4 Å². The first-order valence-electron chi connectivity index (χ1n) is 12.4. The van der Waals surface area contributed by atoms with E-state index < -0.39 is 0 Å². The Morgan fingerprint density at radius 2 is 2.06 bits per heavy atom. The Balaban J connectivity index is 1.49. The first-order chi connectivity index (χ1) is 17.2. The number of amides is 2. The summed E-state index contributed by atoms with van der Waals surface area (Å²) in [5, 5.41) is 6.87. The number of hydrogen-bond donors (Lipinski definition) is 1. The van der Waals surface area contributed by atoms with Crippen LogP contribution in [0.1, 0.15) is 72.5 Å². The summed E-state index contributed by atoms with van der Waals surface area (Å²) in [6, 6.07) is 10.0. The molecule has 3 heterocycles. The average Bonchev–Trinajstić information content (AvgIpc) is 3.39. The lowest BCUT2D eigenvalue weighted by atomic mass is 9.86. The van der Waals surface area contributed by atoms with Gasteiger partial charge in [0.2, 0.25) is 5.91 Å². The predicted molar refractivity (Wildman–Crippen MR) is 140 cm³/mol. The van der Waals surface area contributed by atoms with Crippen LogP contribution in [0.25, 0.3) is 11.1 Å². The summed E-state index contributed by atoms with van der Waals surface area (Å²) in [6.07, 6.45) is 7.09. The highest BCUT2D eigenvalue weighted by Crippen LogP contribution is 2.34. The third-order valence-electron chi connectivity index (χ3n) is 6.77. The molecule has 7 heteroatoms. The van der Waals surface area contributed by atoms with Gasteiger partial charge in [0.1, 0.15) is 5.76 Å². The number of aromatic nitrogens is 2. The molecule has 36 heavy (non-hydrogen) atoms. The second kappa shape index (κ2) is 10.5. The largest absolute Gasteiger partial charge is 0.360 e. The summed E-state index contributed by atoms with van der Waals surface area (Å²) < 4.78 is 5.34. The van der Waals surface area contributed by atoms with Crippen LogP contribution in [0.3, 0.4) is 0 Å². The number of aryl methyl sites for hydroxylation is 1. The Morgan fingerprint density at radius 1 is 1.25 bits per heavy atom. The smallest absolute Gasteiger partial charge is 0.273 e. The van der Waals surface area contributed by atoms with Crippen molar-refractivity contribution in [3.63, 3.8) is 0 Å². The van der Waals surface area contributed by atoms with E-state index in [4.69, 9.17) is 4.52 Å². The number of likely N-dealkylation sites (tertiary alicyclic amines) is 1. The third-order valence-corrected chi connectivity index (χ3v) is 6.77. The van der Waals surface area contributed by atoms with E-state index in [-0.39, 0.29) is 28.8 Å². The molecule has 1 aliphatic rings. The van der Waals surface area contributed by atoms with Crippen LogP contribution in [-0.2, 0) is 16.8 Å². The molecule has 1 fully saturated rings. The summed E-state index contributed by atoms with van der Waals surface area (Å²) in [6.45, 7) is 13.6. The van der Waals surface area contributed by atoms with Gasteiger partial charge in [-0.25, -0.2) is 0 Å². The van der Waals surface area contributed by atoms with Crippen LogP contribution in [0.15, 0.2) is 59.9 Å². The SMILES string of the molecule is C=CC(=O)N1CCC[C@H](c2cnccc2-c2ccc(CNC(=O)c3cc(C(C)(C)C)on3)c(C)c2)C1. The summed E-state index contributed by atoms with van der Waals surface area (Å²) in [5.41, 5.74) is 5.56. The van der Waals surface area contributed by atoms with Crippen molar-refractivity contribution < 1.29 is 14.1 Å². The number of nitrogens with one attached hydrogen (secondary N) is 1. The van der Waals surface area contributed by atoms with Gasteiger partial charge in [-0.05, 0) is 59.7 Å². The lowest BCUT2D eigenvalue weighted by Gasteiger charge is -2.33. The lowest BCUT2D eigenvalue weighted by molar-refractivity contribution is -0.127. The van der Waals surface area contributed by atoms with Gasteiger partial charge in [0.25, 0.3) is 5.91 Å². The number of carbonyl (C=O) groups is 2. The van der Waals surface area contributed by atoms with Crippen LogP contribution >= 0.6 is 0 Å². The molecule has 1 saturated heterocycles. The van der Waals surface area contributed by atoms with Crippen molar-refractivity contribution >= 4 is 11.8 Å². The van der Waals surface area contributed by atoms with Crippen LogP contribution in [0.2, 0.25) is 0 Å². The minimum atomic E-state index is -0.259. The number of benzene rings is 1. The molecule has 0 aliphatic carbocycles. The van der Waals surface area contributed by atoms with Crippen LogP contribution in [-0.4, -0.2) is 39.9 Å². The fourth-order valence-corrected chi connectivity index (χ4v) is 4.62. The van der Waals surface area contributed by atoms with E-state index in [1.165, 1.54) is 6.08 Å². The van der Waals surface area contributed by atoms with Gasteiger partial charge in [-0.3, -0.25) is 14.6 Å². The maximum absolute atomic E-state index is 12.6. The van der Waals surface area contributed by atoms with Crippen molar-refractivity contribution in [3.05, 3.63) is 83.5 Å². The Hall–Kier alpha value is -3.74. The second-order valence-corrected chi connectivity index (χ2v) is 10.4. The van der Waals surface area contributed by atoms with E-state index in [2.05, 4.69) is 34.2 Å². The predicted octanol–water partition coefficient (Wildman–Crippen LogP) is 5.16. The van der Waals surface area contributed by atoms with E-state index >= 15 is 0 Å². The van der Waals surface area contributed by atoms with Gasteiger partial charge >= 0.3 is 0 Å². The zero-order valence-corrected chi connectivity index (χ0v) is 21.5. The Kier molecular flexibility index (Phi) is 7.38. The van der Waals surface area contributed by atoms with Crippen LogP contribution < -0.4 is 5.32 Å². The standard InChI is InChI=1S/C29H34N4O3/c1-6-27(34)33-13-7-8-22(18-33)24-17-30-12-11-23(24)20-9-10-21(19(2)14-20)16-31-28(35)25-15-26(36-32-25)29(3,4)5/h6,9-12,14-15,17,22H,1,7-8,13,16,18H2,2-5H3,(H,31,35)/t22-/m0/s1. The number of nitrogens with zero attached hydrogens (tertiary/aromatic N) is 3. The van der Waals surface area contributed by atoms with Gasteiger partial charge < -0.3 is 14.7 Å². The van der Waals surface area contributed by atoms with Gasteiger partial charge in [0, 0.05) is 49.4 Å². The maximum atomic E-state index is 12.6. The van der Waals surface area contributed by atoms with Crippen molar-refractivity contribution in [1.29, 1.82) is 0 Å². The first-order valence-corrected chi connectivity index (χ1v) is 12.4. The zero-order chi connectivity index (χ0) is 25.9. The average molecular weight is 487 g/mol. The Bertz CT molecular complexity index is 1270. The minimum absolute atomic E-state index is 0.0207. The lowest BCUT2D eigenvalue weighted by Crippen LogP contribution is -2.38. The molecule has 2 amide bonds. The quantitative estimate of drug-likeness (QED) is 0.486. The van der Waals surface area contributed by atoms with Crippen molar-refractivity contribution in [2.24, 2.45) is 0 Å². The van der Waals surface area contributed by atoms with E-state index in [1.54, 1.807) is 6.07 Å². The van der Waals surface area contributed by atoms with Gasteiger partial charge in [0.05, 0.1) is 0 Å². The fraction of sp³-hybridized carbons (Fsp3) is 0.379. The van der Waals surface area contributed by atoms with Crippen molar-refractivity contribution in [1.82, 2.24) is 20.4 Å². The summed E-state index contributed by atoms with van der Waals surface area (Å²) in [5.74, 6) is 0.625. The molecular formula is C29H34N4O3. The Labute approximate surface area is 212 Å². The molecule has 3 aromatic rings. The molecule has 0 unspecified atom stereocenters. The summed E-state index contributed by atoms with van der Waals surface area (Å²) >= 11 is 0. The van der Waals surface area contributed by atoms with E-state index in [0.29, 0.717) is 18.8 Å². The molecular weight excluding hydrogens is 452 g/mol. The highest BCUT2D eigenvalue weighted by atomic mass is 16.5. The topological polar surface area (TPSA) is 88.3 Å². The van der Waals surface area contributed by atoms with Gasteiger partial charge in [0.15, 0.2) is 5.69 Å². The molecule has 188 valence electrons. The number of piperidine rings is 1. The Morgan fingerprint density at radius 3 is 2.75 bits per heavy atom. The summed E-state index contributed by atoms with van der Waals surface area (Å²) in [4.78, 5) is 31.0. The summed E-state index contributed by atoms with van der Waals surface area (Å²) in [7, 11) is 0. The molecule has 0 saturated carbocycles. The monoisotopic (exact) mass is 486 g/mol. The number of carbonyl (C=O) groups excluding carboxylic acids is 2. The van der Waals surface area contributed by atoms with Crippen molar-refractivity contribution in [3.8, 4) is 11.1 Å². The molecule has 1 N–H and O–H groups in total. The van der Waals surface area contributed by atoms with E-state index in [9.17, 15) is 9.59 Å². The van der Waals surface area contributed by atoms with Crippen molar-refractivity contribution in [2.75, 3.05) is 13.1 Å². The normalized spacial score (nSPS) is 16.0. The molecule has 4 rings (SSSR count). The molecule has 1 aromatic carbocycles. The number of rotatable bonds is 6. The number of pyridine rings is 1. The van der Waals surface area contributed by atoms with Gasteiger partial charge in [-0.1, -0.05) is 50.7 Å². The molecule has 7 nitrogen and oxygen atoms in total. The molecule has 0 spiro atoms. The molecule has 0 radical (unpaired) electrons.